The van der Waals surface area contributed by atoms with Crippen LogP contribution in [0.4, 0.5) is 11.4 Å². The Bertz CT molecular complexity index is 693. The molecule has 0 fully saturated rings. The lowest BCUT2D eigenvalue weighted by Crippen LogP contribution is -2.40. The summed E-state index contributed by atoms with van der Waals surface area (Å²) < 4.78 is 1.03. The van der Waals surface area contributed by atoms with Crippen LogP contribution in [0.15, 0.2) is 41.1 Å². The highest BCUT2D eigenvalue weighted by molar-refractivity contribution is 9.10. The van der Waals surface area contributed by atoms with Crippen LogP contribution in [0.5, 0.6) is 0 Å². The van der Waals surface area contributed by atoms with Gasteiger partial charge >= 0.3 is 0 Å². The summed E-state index contributed by atoms with van der Waals surface area (Å²) in [6.07, 6.45) is 3.26. The summed E-state index contributed by atoms with van der Waals surface area (Å²) in [6, 6.07) is 7.80. The standard InChI is InChI=1S/C17H20BrN3O/c1-11-5-6-13(8-15(11)18)20-14-7-12(9-19-10-14)16(22)21-17(2,3)4/h5-10,20H,1-4H3,(H,21,22). The number of rotatable bonds is 3. The summed E-state index contributed by atoms with van der Waals surface area (Å²) >= 11 is 3.51. The van der Waals surface area contributed by atoms with Crippen LogP contribution in [-0.2, 0) is 0 Å². The lowest BCUT2D eigenvalue weighted by Gasteiger charge is -2.20. The number of aryl methyl sites for hydroxylation is 1. The molecule has 0 atom stereocenters. The number of carbonyl (C=O) groups is 1. The smallest absolute Gasteiger partial charge is 0.253 e. The molecule has 1 aromatic heterocycles. The first-order chi connectivity index (χ1) is 10.2. The average molecular weight is 362 g/mol. The van der Waals surface area contributed by atoms with E-state index in [0.717, 1.165) is 15.8 Å². The number of amides is 1. The predicted molar refractivity (Wildman–Crippen MR) is 93.6 cm³/mol. The number of nitrogens with one attached hydrogen (secondary N) is 2. The van der Waals surface area contributed by atoms with Gasteiger partial charge in [-0.25, -0.2) is 0 Å². The number of hydrogen-bond acceptors (Lipinski definition) is 3. The number of nitrogens with zero attached hydrogens (tertiary/aromatic N) is 1. The fraction of sp³-hybridized carbons (Fsp3) is 0.294. The molecule has 2 N–H and O–H groups in total. The van der Waals surface area contributed by atoms with Crippen LogP contribution >= 0.6 is 15.9 Å². The van der Waals surface area contributed by atoms with E-state index in [1.165, 1.54) is 5.56 Å². The normalized spacial score (nSPS) is 11.1. The number of halogens is 1. The summed E-state index contributed by atoms with van der Waals surface area (Å²) in [5, 5.41) is 6.19. The van der Waals surface area contributed by atoms with E-state index in [0.29, 0.717) is 5.56 Å². The highest BCUT2D eigenvalue weighted by atomic mass is 79.9. The molecule has 0 aliphatic heterocycles. The Morgan fingerprint density at radius 1 is 1.14 bits per heavy atom. The van der Waals surface area contributed by atoms with E-state index in [4.69, 9.17) is 0 Å². The number of benzene rings is 1. The molecule has 0 radical (unpaired) electrons. The second kappa shape index (κ2) is 6.48. The van der Waals surface area contributed by atoms with Gasteiger partial charge in [-0.15, -0.1) is 0 Å². The Hall–Kier alpha value is -1.88. The highest BCUT2D eigenvalue weighted by Gasteiger charge is 2.15. The van der Waals surface area contributed by atoms with Crippen molar-refractivity contribution in [1.29, 1.82) is 0 Å². The predicted octanol–water partition coefficient (Wildman–Crippen LogP) is 4.42. The maximum absolute atomic E-state index is 12.2. The van der Waals surface area contributed by atoms with Crippen LogP contribution in [-0.4, -0.2) is 16.4 Å². The van der Waals surface area contributed by atoms with E-state index in [1.807, 2.05) is 45.9 Å². The third-order valence-corrected chi connectivity index (χ3v) is 3.80. The Morgan fingerprint density at radius 2 is 1.86 bits per heavy atom. The van der Waals surface area contributed by atoms with Gasteiger partial charge in [-0.3, -0.25) is 9.78 Å². The summed E-state index contributed by atoms with van der Waals surface area (Å²) in [5.74, 6) is -0.131. The topological polar surface area (TPSA) is 54.0 Å². The first-order valence-corrected chi connectivity index (χ1v) is 7.85. The van der Waals surface area contributed by atoms with Crippen LogP contribution in [0.3, 0.4) is 0 Å². The van der Waals surface area contributed by atoms with Gasteiger partial charge in [0.1, 0.15) is 0 Å². The van der Waals surface area contributed by atoms with Gasteiger partial charge in [0.2, 0.25) is 0 Å². The molecule has 1 amide bonds. The maximum Gasteiger partial charge on any atom is 0.253 e. The molecule has 0 aliphatic rings. The molecule has 0 saturated heterocycles. The fourth-order valence-corrected chi connectivity index (χ4v) is 2.26. The quantitative estimate of drug-likeness (QED) is 0.850. The number of carbonyl (C=O) groups excluding carboxylic acids is 1. The molecule has 116 valence electrons. The highest BCUT2D eigenvalue weighted by Crippen LogP contribution is 2.23. The minimum absolute atomic E-state index is 0.131. The minimum atomic E-state index is -0.275. The van der Waals surface area contributed by atoms with Crippen molar-refractivity contribution < 1.29 is 4.79 Å². The van der Waals surface area contributed by atoms with E-state index in [2.05, 4.69) is 31.5 Å². The second-order valence-electron chi connectivity index (χ2n) is 6.26. The maximum atomic E-state index is 12.2. The van der Waals surface area contributed by atoms with Crippen LogP contribution in [0, 0.1) is 6.92 Å². The Morgan fingerprint density at radius 3 is 2.50 bits per heavy atom. The van der Waals surface area contributed by atoms with Crippen molar-refractivity contribution in [3.63, 3.8) is 0 Å². The molecule has 2 rings (SSSR count). The van der Waals surface area contributed by atoms with Crippen molar-refractivity contribution >= 4 is 33.2 Å². The van der Waals surface area contributed by atoms with Crippen molar-refractivity contribution in [1.82, 2.24) is 10.3 Å². The van der Waals surface area contributed by atoms with E-state index in [9.17, 15) is 4.79 Å². The summed E-state index contributed by atoms with van der Waals surface area (Å²) in [5.41, 5.74) is 3.14. The average Bonchev–Trinajstić information content (AvgIpc) is 2.41. The minimum Gasteiger partial charge on any atom is -0.354 e. The molecule has 0 aliphatic carbocycles. The molecule has 1 heterocycles. The Labute approximate surface area is 139 Å². The molecule has 5 heteroatoms. The van der Waals surface area contributed by atoms with Gasteiger partial charge in [-0.05, 0) is 51.5 Å². The van der Waals surface area contributed by atoms with Crippen molar-refractivity contribution in [2.24, 2.45) is 0 Å². The van der Waals surface area contributed by atoms with Crippen LogP contribution < -0.4 is 10.6 Å². The SMILES string of the molecule is Cc1ccc(Nc2cncc(C(=O)NC(C)(C)C)c2)cc1Br. The van der Waals surface area contributed by atoms with Gasteiger partial charge in [-0.2, -0.15) is 0 Å². The van der Waals surface area contributed by atoms with E-state index in [-0.39, 0.29) is 11.4 Å². The first-order valence-electron chi connectivity index (χ1n) is 7.05. The summed E-state index contributed by atoms with van der Waals surface area (Å²) in [7, 11) is 0. The molecule has 2 aromatic rings. The van der Waals surface area contributed by atoms with Gasteiger partial charge in [0.25, 0.3) is 5.91 Å². The molecule has 0 bridgehead atoms. The van der Waals surface area contributed by atoms with Crippen LogP contribution in [0.1, 0.15) is 36.7 Å². The number of aromatic nitrogens is 1. The number of pyridine rings is 1. The molecule has 4 nitrogen and oxygen atoms in total. The summed E-state index contributed by atoms with van der Waals surface area (Å²) in [4.78, 5) is 16.3. The van der Waals surface area contributed by atoms with Crippen molar-refractivity contribution in [3.8, 4) is 0 Å². The number of hydrogen-bond donors (Lipinski definition) is 2. The zero-order chi connectivity index (χ0) is 16.3. The van der Waals surface area contributed by atoms with Crippen molar-refractivity contribution in [2.75, 3.05) is 5.32 Å². The molecule has 0 spiro atoms. The van der Waals surface area contributed by atoms with Gasteiger partial charge in [0.15, 0.2) is 0 Å². The Kier molecular flexibility index (Phi) is 4.86. The van der Waals surface area contributed by atoms with Crippen molar-refractivity contribution in [3.05, 3.63) is 52.3 Å². The first kappa shape index (κ1) is 16.5. The summed E-state index contributed by atoms with van der Waals surface area (Å²) in [6.45, 7) is 7.88. The van der Waals surface area contributed by atoms with E-state index in [1.54, 1.807) is 18.5 Å². The molecular formula is C17H20BrN3O. The van der Waals surface area contributed by atoms with Crippen LogP contribution in [0.25, 0.3) is 0 Å². The second-order valence-corrected chi connectivity index (χ2v) is 7.11. The molecule has 22 heavy (non-hydrogen) atoms. The van der Waals surface area contributed by atoms with Gasteiger partial charge in [-0.1, -0.05) is 22.0 Å². The monoisotopic (exact) mass is 361 g/mol. The molecular weight excluding hydrogens is 342 g/mol. The third kappa shape index (κ3) is 4.56. The fourth-order valence-electron chi connectivity index (χ4n) is 1.88. The van der Waals surface area contributed by atoms with Crippen molar-refractivity contribution in [2.45, 2.75) is 33.2 Å². The van der Waals surface area contributed by atoms with Crippen LogP contribution in [0.2, 0.25) is 0 Å². The van der Waals surface area contributed by atoms with Gasteiger partial charge in [0.05, 0.1) is 17.4 Å². The van der Waals surface area contributed by atoms with Gasteiger partial charge < -0.3 is 10.6 Å². The third-order valence-electron chi connectivity index (χ3n) is 2.95. The van der Waals surface area contributed by atoms with E-state index >= 15 is 0 Å². The Balaban J connectivity index is 2.17. The van der Waals surface area contributed by atoms with E-state index < -0.39 is 0 Å². The lowest BCUT2D eigenvalue weighted by atomic mass is 10.1. The lowest BCUT2D eigenvalue weighted by molar-refractivity contribution is 0.0919. The zero-order valence-corrected chi connectivity index (χ0v) is 14.8. The number of anilines is 2. The zero-order valence-electron chi connectivity index (χ0n) is 13.2. The molecule has 1 aromatic carbocycles. The largest absolute Gasteiger partial charge is 0.354 e. The van der Waals surface area contributed by atoms with Gasteiger partial charge in [0, 0.05) is 21.9 Å². The molecule has 0 saturated carbocycles. The molecule has 0 unspecified atom stereocenters.